The van der Waals surface area contributed by atoms with E-state index in [0.29, 0.717) is 0 Å². The van der Waals surface area contributed by atoms with Gasteiger partial charge < -0.3 is 19.9 Å². The summed E-state index contributed by atoms with van der Waals surface area (Å²) in [7, 11) is 0. The Bertz CT molecular complexity index is 650. The van der Waals surface area contributed by atoms with Gasteiger partial charge in [-0.3, -0.25) is 9.69 Å². The van der Waals surface area contributed by atoms with E-state index in [2.05, 4.69) is 30.0 Å². The monoisotopic (exact) mass is 416 g/mol. The summed E-state index contributed by atoms with van der Waals surface area (Å²) in [5.74, 6) is 1.19. The Kier molecular flexibility index (Phi) is 7.75. The number of morpholine rings is 1. The molecular weight excluding hydrogens is 380 g/mol. The third-order valence-electron chi connectivity index (χ3n) is 6.55. The highest BCUT2D eigenvalue weighted by molar-refractivity contribution is 5.78. The van der Waals surface area contributed by atoms with Gasteiger partial charge >= 0.3 is 0 Å². The standard InChI is InChI=1S/C22H36N6O2/c29-21(23-7-4-8-26-13-15-30-16-14-26)19-5-11-27(12-6-19)20-17-24-22(25-18-20)28-9-2-1-3-10-28/h17-19H,1-16H2,(H,23,29). The second-order valence-electron chi connectivity index (χ2n) is 8.65. The van der Waals surface area contributed by atoms with Crippen LogP contribution in [0.5, 0.6) is 0 Å². The van der Waals surface area contributed by atoms with E-state index in [9.17, 15) is 4.79 Å². The molecule has 0 aromatic carbocycles. The maximum Gasteiger partial charge on any atom is 0.225 e. The molecular formula is C22H36N6O2. The minimum Gasteiger partial charge on any atom is -0.379 e. The molecule has 8 heteroatoms. The highest BCUT2D eigenvalue weighted by Crippen LogP contribution is 2.24. The van der Waals surface area contributed by atoms with Gasteiger partial charge in [0.05, 0.1) is 31.3 Å². The molecule has 0 unspecified atom stereocenters. The summed E-state index contributed by atoms with van der Waals surface area (Å²) >= 11 is 0. The molecule has 3 aliphatic heterocycles. The number of carbonyl (C=O) groups is 1. The molecule has 166 valence electrons. The number of nitrogens with one attached hydrogen (secondary N) is 1. The summed E-state index contributed by atoms with van der Waals surface area (Å²) in [6, 6.07) is 0. The molecule has 0 saturated carbocycles. The molecule has 3 aliphatic rings. The van der Waals surface area contributed by atoms with Crippen LogP contribution in [0.1, 0.15) is 38.5 Å². The van der Waals surface area contributed by atoms with Gasteiger partial charge in [0.15, 0.2) is 0 Å². The number of ether oxygens (including phenoxy) is 1. The van der Waals surface area contributed by atoms with Crippen molar-refractivity contribution >= 4 is 17.5 Å². The molecule has 4 heterocycles. The average Bonchev–Trinajstić information content (AvgIpc) is 2.83. The number of amides is 1. The van der Waals surface area contributed by atoms with Crippen molar-refractivity contribution in [3.05, 3.63) is 12.4 Å². The summed E-state index contributed by atoms with van der Waals surface area (Å²) in [6.07, 6.45) is 10.5. The molecule has 3 saturated heterocycles. The van der Waals surface area contributed by atoms with Gasteiger partial charge in [0, 0.05) is 51.7 Å². The van der Waals surface area contributed by atoms with Crippen molar-refractivity contribution in [3.63, 3.8) is 0 Å². The van der Waals surface area contributed by atoms with Gasteiger partial charge in [-0.25, -0.2) is 9.97 Å². The topological polar surface area (TPSA) is 73.8 Å². The molecule has 1 amide bonds. The molecule has 0 bridgehead atoms. The Morgan fingerprint density at radius 1 is 0.967 bits per heavy atom. The molecule has 3 fully saturated rings. The van der Waals surface area contributed by atoms with Crippen molar-refractivity contribution < 1.29 is 9.53 Å². The van der Waals surface area contributed by atoms with Crippen LogP contribution in [0.2, 0.25) is 0 Å². The predicted octanol–water partition coefficient (Wildman–Crippen LogP) is 1.52. The molecule has 8 nitrogen and oxygen atoms in total. The van der Waals surface area contributed by atoms with Crippen molar-refractivity contribution in [2.75, 3.05) is 75.4 Å². The lowest BCUT2D eigenvalue weighted by molar-refractivity contribution is -0.125. The summed E-state index contributed by atoms with van der Waals surface area (Å²) in [4.78, 5) is 28.7. The van der Waals surface area contributed by atoms with Crippen molar-refractivity contribution in [2.24, 2.45) is 5.92 Å². The highest BCUT2D eigenvalue weighted by atomic mass is 16.5. The minimum absolute atomic E-state index is 0.123. The van der Waals surface area contributed by atoms with Crippen molar-refractivity contribution in [1.29, 1.82) is 0 Å². The largest absolute Gasteiger partial charge is 0.379 e. The first-order valence-corrected chi connectivity index (χ1v) is 11.7. The van der Waals surface area contributed by atoms with E-state index in [0.717, 1.165) is 96.5 Å². The molecule has 0 spiro atoms. The third kappa shape index (κ3) is 5.82. The minimum atomic E-state index is 0.123. The second-order valence-corrected chi connectivity index (χ2v) is 8.65. The fraction of sp³-hybridized carbons (Fsp3) is 0.773. The van der Waals surface area contributed by atoms with E-state index in [1.54, 1.807) is 0 Å². The molecule has 0 aliphatic carbocycles. The normalized spacial score (nSPS) is 21.6. The number of hydrogen-bond donors (Lipinski definition) is 1. The van der Waals surface area contributed by atoms with E-state index in [1.807, 2.05) is 12.4 Å². The lowest BCUT2D eigenvalue weighted by atomic mass is 9.95. The van der Waals surface area contributed by atoms with Gasteiger partial charge in [-0.15, -0.1) is 0 Å². The van der Waals surface area contributed by atoms with Gasteiger partial charge in [0.2, 0.25) is 11.9 Å². The lowest BCUT2D eigenvalue weighted by Crippen LogP contribution is -2.42. The quantitative estimate of drug-likeness (QED) is 0.676. The SMILES string of the molecule is O=C(NCCCN1CCOCC1)C1CCN(c2cnc(N3CCCCC3)nc2)CC1. The van der Waals surface area contributed by atoms with Crippen LogP contribution in [-0.2, 0) is 9.53 Å². The molecule has 0 radical (unpaired) electrons. The first-order valence-electron chi connectivity index (χ1n) is 11.7. The predicted molar refractivity (Wildman–Crippen MR) is 118 cm³/mol. The van der Waals surface area contributed by atoms with E-state index in [-0.39, 0.29) is 11.8 Å². The Labute approximate surface area is 180 Å². The molecule has 1 aromatic rings. The van der Waals surface area contributed by atoms with Crippen molar-refractivity contribution in [2.45, 2.75) is 38.5 Å². The van der Waals surface area contributed by atoms with Gasteiger partial charge in [-0.2, -0.15) is 0 Å². The fourth-order valence-electron chi connectivity index (χ4n) is 4.62. The molecule has 30 heavy (non-hydrogen) atoms. The molecule has 4 rings (SSSR count). The second kappa shape index (κ2) is 10.9. The maximum absolute atomic E-state index is 12.5. The lowest BCUT2D eigenvalue weighted by Gasteiger charge is -2.33. The Morgan fingerprint density at radius 2 is 1.67 bits per heavy atom. The van der Waals surface area contributed by atoms with Gasteiger partial charge in [0.1, 0.15) is 0 Å². The number of anilines is 2. The summed E-state index contributed by atoms with van der Waals surface area (Å²) < 4.78 is 5.37. The van der Waals surface area contributed by atoms with Crippen LogP contribution in [-0.4, -0.2) is 86.3 Å². The molecule has 1 aromatic heterocycles. The maximum atomic E-state index is 12.5. The average molecular weight is 417 g/mol. The number of rotatable bonds is 7. The van der Waals surface area contributed by atoms with E-state index in [1.165, 1.54) is 19.3 Å². The summed E-state index contributed by atoms with van der Waals surface area (Å²) in [6.45, 7) is 9.38. The van der Waals surface area contributed by atoms with Gasteiger partial charge in [-0.1, -0.05) is 0 Å². The Hall–Kier alpha value is -1.93. The highest BCUT2D eigenvalue weighted by Gasteiger charge is 2.25. The van der Waals surface area contributed by atoms with Crippen LogP contribution in [0, 0.1) is 5.92 Å². The Morgan fingerprint density at radius 3 is 2.37 bits per heavy atom. The smallest absolute Gasteiger partial charge is 0.225 e. The Balaban J connectivity index is 1.15. The van der Waals surface area contributed by atoms with Crippen molar-refractivity contribution in [1.82, 2.24) is 20.2 Å². The first-order chi connectivity index (χ1) is 14.8. The number of hydrogen-bond acceptors (Lipinski definition) is 7. The van der Waals surface area contributed by atoms with Crippen LogP contribution in [0.15, 0.2) is 12.4 Å². The van der Waals surface area contributed by atoms with Crippen LogP contribution in [0.4, 0.5) is 11.6 Å². The first kappa shape index (κ1) is 21.3. The fourth-order valence-corrected chi connectivity index (χ4v) is 4.62. The van der Waals surface area contributed by atoms with Crippen LogP contribution >= 0.6 is 0 Å². The molecule has 0 atom stereocenters. The van der Waals surface area contributed by atoms with Crippen LogP contribution < -0.4 is 15.1 Å². The number of piperidine rings is 2. The van der Waals surface area contributed by atoms with E-state index < -0.39 is 0 Å². The van der Waals surface area contributed by atoms with Crippen LogP contribution in [0.3, 0.4) is 0 Å². The van der Waals surface area contributed by atoms with E-state index in [4.69, 9.17) is 4.74 Å². The van der Waals surface area contributed by atoms with Crippen LogP contribution in [0.25, 0.3) is 0 Å². The zero-order valence-corrected chi connectivity index (χ0v) is 18.1. The number of nitrogens with zero attached hydrogens (tertiary/aromatic N) is 5. The zero-order valence-electron chi connectivity index (χ0n) is 18.1. The zero-order chi connectivity index (χ0) is 20.6. The van der Waals surface area contributed by atoms with Gasteiger partial charge in [0.25, 0.3) is 0 Å². The number of aromatic nitrogens is 2. The summed E-state index contributed by atoms with van der Waals surface area (Å²) in [5, 5.41) is 3.14. The summed E-state index contributed by atoms with van der Waals surface area (Å²) in [5.41, 5.74) is 1.07. The molecule has 1 N–H and O–H groups in total. The van der Waals surface area contributed by atoms with E-state index >= 15 is 0 Å². The number of carbonyl (C=O) groups excluding carboxylic acids is 1. The van der Waals surface area contributed by atoms with Crippen molar-refractivity contribution in [3.8, 4) is 0 Å². The third-order valence-corrected chi connectivity index (χ3v) is 6.55. The van der Waals surface area contributed by atoms with Gasteiger partial charge in [-0.05, 0) is 45.1 Å².